The van der Waals surface area contributed by atoms with Crippen LogP contribution in [0.3, 0.4) is 0 Å². The second kappa shape index (κ2) is 4.83. The van der Waals surface area contributed by atoms with Gasteiger partial charge in [-0.3, -0.25) is 0 Å². The highest BCUT2D eigenvalue weighted by Crippen LogP contribution is 2.30. The van der Waals surface area contributed by atoms with Gasteiger partial charge in [-0.25, -0.2) is 0 Å². The molecule has 0 unspecified atom stereocenters. The molecule has 2 N–H and O–H groups in total. The Labute approximate surface area is 75.4 Å². The van der Waals surface area contributed by atoms with Crippen LogP contribution in [0.2, 0.25) is 0 Å². The van der Waals surface area contributed by atoms with E-state index in [0.29, 0.717) is 12.1 Å². The van der Waals surface area contributed by atoms with Crippen LogP contribution in [0, 0.1) is 0 Å². The molecule has 0 amide bonds. The zero-order valence-electron chi connectivity index (χ0n) is 8.10. The van der Waals surface area contributed by atoms with Gasteiger partial charge in [0.15, 0.2) is 0 Å². The van der Waals surface area contributed by atoms with Gasteiger partial charge in [0.25, 0.3) is 0 Å². The molecule has 0 aromatic heterocycles. The molecule has 1 rings (SSSR count). The molecule has 0 bridgehead atoms. The molecule has 12 heavy (non-hydrogen) atoms. The van der Waals surface area contributed by atoms with E-state index in [2.05, 4.69) is 12.2 Å². The van der Waals surface area contributed by atoms with Crippen LogP contribution in [0.4, 0.5) is 0 Å². The van der Waals surface area contributed by atoms with E-state index in [1.807, 2.05) is 0 Å². The summed E-state index contributed by atoms with van der Waals surface area (Å²) in [6, 6.07) is 0. The second-order valence-electron chi connectivity index (χ2n) is 4.13. The average Bonchev–Trinajstić information content (AvgIpc) is 2.01. The van der Waals surface area contributed by atoms with Crippen molar-refractivity contribution in [3.63, 3.8) is 0 Å². The third kappa shape index (κ3) is 3.11. The Hall–Kier alpha value is -0.0800. The van der Waals surface area contributed by atoms with Crippen molar-refractivity contribution in [1.82, 2.24) is 5.32 Å². The normalized spacial score (nSPS) is 20.5. The van der Waals surface area contributed by atoms with E-state index in [9.17, 15) is 0 Å². The fourth-order valence-electron chi connectivity index (χ4n) is 1.69. The van der Waals surface area contributed by atoms with E-state index in [-0.39, 0.29) is 0 Å². The quantitative estimate of drug-likeness (QED) is 0.596. The second-order valence-corrected chi connectivity index (χ2v) is 4.13. The van der Waals surface area contributed by atoms with Crippen LogP contribution in [0.5, 0.6) is 0 Å². The molecule has 0 aliphatic heterocycles. The summed E-state index contributed by atoms with van der Waals surface area (Å²) in [5.74, 6) is 0. The number of aliphatic hydroxyl groups excluding tert-OH is 1. The molecule has 0 atom stereocenters. The smallest absolute Gasteiger partial charge is 0.0431 e. The third-order valence-electron chi connectivity index (χ3n) is 2.84. The van der Waals surface area contributed by atoms with Gasteiger partial charge in [0, 0.05) is 12.1 Å². The lowest BCUT2D eigenvalue weighted by Gasteiger charge is -2.39. The molecule has 0 aromatic rings. The molecule has 1 saturated carbocycles. The van der Waals surface area contributed by atoms with E-state index >= 15 is 0 Å². The zero-order chi connectivity index (χ0) is 8.86. The lowest BCUT2D eigenvalue weighted by molar-refractivity contribution is 0.207. The van der Waals surface area contributed by atoms with Crippen LogP contribution < -0.4 is 5.32 Å². The summed E-state index contributed by atoms with van der Waals surface area (Å²) in [5, 5.41) is 12.1. The first-order valence-corrected chi connectivity index (χ1v) is 5.13. The topological polar surface area (TPSA) is 32.3 Å². The molecule has 1 aliphatic rings. The minimum absolute atomic E-state index is 0.345. The average molecular weight is 171 g/mol. The maximum atomic E-state index is 8.56. The summed E-state index contributed by atoms with van der Waals surface area (Å²) < 4.78 is 0. The Morgan fingerprint density at radius 1 is 1.25 bits per heavy atom. The molecule has 0 heterocycles. The Morgan fingerprint density at radius 2 is 2.00 bits per heavy atom. The van der Waals surface area contributed by atoms with Gasteiger partial charge in [0.05, 0.1) is 0 Å². The van der Waals surface area contributed by atoms with Crippen molar-refractivity contribution in [2.45, 2.75) is 51.0 Å². The SMILES string of the molecule is CC1(NCCCCCO)CCC1. The summed E-state index contributed by atoms with van der Waals surface area (Å²) in [6.07, 6.45) is 7.38. The van der Waals surface area contributed by atoms with E-state index in [1.165, 1.54) is 25.7 Å². The zero-order valence-corrected chi connectivity index (χ0v) is 8.10. The molecule has 0 spiro atoms. The lowest BCUT2D eigenvalue weighted by atomic mass is 9.78. The molecule has 1 aliphatic carbocycles. The number of aliphatic hydroxyl groups is 1. The number of rotatable bonds is 6. The lowest BCUT2D eigenvalue weighted by Crippen LogP contribution is -2.48. The molecule has 0 aromatic carbocycles. The van der Waals surface area contributed by atoms with Gasteiger partial charge in [-0.05, 0) is 52.0 Å². The van der Waals surface area contributed by atoms with Gasteiger partial charge in [-0.1, -0.05) is 0 Å². The first kappa shape index (κ1) is 10.0. The van der Waals surface area contributed by atoms with Crippen LogP contribution in [-0.2, 0) is 0 Å². The fraction of sp³-hybridized carbons (Fsp3) is 1.00. The minimum atomic E-state index is 0.345. The van der Waals surface area contributed by atoms with E-state index in [1.54, 1.807) is 0 Å². The minimum Gasteiger partial charge on any atom is -0.396 e. The summed E-state index contributed by atoms with van der Waals surface area (Å²) in [6.45, 7) is 3.77. The van der Waals surface area contributed by atoms with Gasteiger partial charge in [0.1, 0.15) is 0 Å². The molecule has 2 nitrogen and oxygen atoms in total. The molecule has 0 saturated heterocycles. The van der Waals surface area contributed by atoms with E-state index in [4.69, 9.17) is 5.11 Å². The highest BCUT2D eigenvalue weighted by Gasteiger charge is 2.30. The number of nitrogens with one attached hydrogen (secondary N) is 1. The van der Waals surface area contributed by atoms with Crippen LogP contribution in [-0.4, -0.2) is 23.8 Å². The van der Waals surface area contributed by atoms with Crippen LogP contribution >= 0.6 is 0 Å². The molecule has 2 heteroatoms. The Bertz CT molecular complexity index is 121. The van der Waals surface area contributed by atoms with Crippen molar-refractivity contribution >= 4 is 0 Å². The summed E-state index contributed by atoms with van der Waals surface area (Å²) in [5.41, 5.74) is 0.458. The van der Waals surface area contributed by atoms with E-state index in [0.717, 1.165) is 19.4 Å². The number of hydrogen-bond donors (Lipinski definition) is 2. The fourth-order valence-corrected chi connectivity index (χ4v) is 1.69. The summed E-state index contributed by atoms with van der Waals surface area (Å²) in [4.78, 5) is 0. The van der Waals surface area contributed by atoms with Crippen molar-refractivity contribution in [3.05, 3.63) is 0 Å². The largest absolute Gasteiger partial charge is 0.396 e. The molecular formula is C10H21NO. The van der Waals surface area contributed by atoms with Gasteiger partial charge in [-0.2, -0.15) is 0 Å². The summed E-state index contributed by atoms with van der Waals surface area (Å²) >= 11 is 0. The van der Waals surface area contributed by atoms with Crippen molar-refractivity contribution < 1.29 is 5.11 Å². The van der Waals surface area contributed by atoms with Crippen molar-refractivity contribution in [2.75, 3.05) is 13.2 Å². The van der Waals surface area contributed by atoms with Crippen molar-refractivity contribution in [2.24, 2.45) is 0 Å². The van der Waals surface area contributed by atoms with E-state index < -0.39 is 0 Å². The van der Waals surface area contributed by atoms with Gasteiger partial charge in [-0.15, -0.1) is 0 Å². The maximum Gasteiger partial charge on any atom is 0.0431 e. The van der Waals surface area contributed by atoms with Crippen LogP contribution in [0.1, 0.15) is 45.4 Å². The maximum absolute atomic E-state index is 8.56. The Morgan fingerprint density at radius 3 is 2.50 bits per heavy atom. The van der Waals surface area contributed by atoms with Crippen molar-refractivity contribution in [3.8, 4) is 0 Å². The number of unbranched alkanes of at least 4 members (excludes halogenated alkanes) is 2. The predicted molar refractivity (Wildman–Crippen MR) is 51.2 cm³/mol. The molecule has 72 valence electrons. The summed E-state index contributed by atoms with van der Waals surface area (Å²) in [7, 11) is 0. The standard InChI is InChI=1S/C10H21NO/c1-10(6-5-7-10)11-8-3-2-4-9-12/h11-12H,2-9H2,1H3. The molecule has 0 radical (unpaired) electrons. The van der Waals surface area contributed by atoms with Gasteiger partial charge < -0.3 is 10.4 Å². The van der Waals surface area contributed by atoms with Gasteiger partial charge in [0.2, 0.25) is 0 Å². The Balaban J connectivity index is 1.88. The molecule has 1 fully saturated rings. The molecular weight excluding hydrogens is 150 g/mol. The van der Waals surface area contributed by atoms with Gasteiger partial charge >= 0.3 is 0 Å². The predicted octanol–water partition coefficient (Wildman–Crippen LogP) is 1.68. The third-order valence-corrected chi connectivity index (χ3v) is 2.84. The Kier molecular flexibility index (Phi) is 4.02. The monoisotopic (exact) mass is 171 g/mol. The first-order valence-electron chi connectivity index (χ1n) is 5.13. The van der Waals surface area contributed by atoms with Crippen molar-refractivity contribution in [1.29, 1.82) is 0 Å². The highest BCUT2D eigenvalue weighted by atomic mass is 16.2. The van der Waals surface area contributed by atoms with Crippen LogP contribution in [0.15, 0.2) is 0 Å². The highest BCUT2D eigenvalue weighted by molar-refractivity contribution is 4.90. The van der Waals surface area contributed by atoms with Crippen LogP contribution in [0.25, 0.3) is 0 Å². The first-order chi connectivity index (χ1) is 5.77. The number of hydrogen-bond acceptors (Lipinski definition) is 2.